The summed E-state index contributed by atoms with van der Waals surface area (Å²) in [5.41, 5.74) is 1.77. The maximum atomic E-state index is 12.6. The van der Waals surface area contributed by atoms with Crippen molar-refractivity contribution in [2.45, 2.75) is 13.8 Å². The normalized spacial score (nSPS) is 14.0. The summed E-state index contributed by atoms with van der Waals surface area (Å²) < 4.78 is 21.4. The Bertz CT molecular complexity index is 926. The van der Waals surface area contributed by atoms with Gasteiger partial charge in [-0.25, -0.2) is 0 Å². The molecule has 0 aliphatic carbocycles. The standard InChI is InChI=1S/C20H18O6/c1-11-15(25-12(2)21)8-6-14-19(22)18(26-20(11)14)10-13-5-7-16(23-3)17(9-13)24-4/h5-10H,1-4H3/b18-10-. The average molecular weight is 354 g/mol. The number of benzene rings is 2. The number of ketones is 1. The molecule has 1 aliphatic heterocycles. The molecule has 0 saturated carbocycles. The molecule has 0 spiro atoms. The van der Waals surface area contributed by atoms with Crippen molar-refractivity contribution in [2.24, 2.45) is 0 Å². The number of allylic oxidation sites excluding steroid dienone is 1. The minimum atomic E-state index is -0.432. The minimum absolute atomic E-state index is 0.190. The molecule has 2 aromatic rings. The van der Waals surface area contributed by atoms with Gasteiger partial charge in [-0.3, -0.25) is 9.59 Å². The molecule has 0 atom stereocenters. The quantitative estimate of drug-likeness (QED) is 0.475. The fourth-order valence-electron chi connectivity index (χ4n) is 2.73. The molecule has 3 rings (SSSR count). The summed E-state index contributed by atoms with van der Waals surface area (Å²) in [7, 11) is 3.10. The first-order valence-electron chi connectivity index (χ1n) is 7.93. The molecule has 0 bridgehead atoms. The van der Waals surface area contributed by atoms with Crippen LogP contribution in [0, 0.1) is 6.92 Å². The number of ether oxygens (including phenoxy) is 4. The van der Waals surface area contributed by atoms with Crippen LogP contribution in [0.1, 0.15) is 28.4 Å². The maximum Gasteiger partial charge on any atom is 0.308 e. The smallest absolute Gasteiger partial charge is 0.308 e. The van der Waals surface area contributed by atoms with Gasteiger partial charge in [0.2, 0.25) is 5.78 Å². The minimum Gasteiger partial charge on any atom is -0.493 e. The Hall–Kier alpha value is -3.28. The summed E-state index contributed by atoms with van der Waals surface area (Å²) in [5, 5.41) is 0. The SMILES string of the molecule is COc1ccc(/C=C2\Oc3c(ccc(OC(C)=O)c3C)C2=O)cc1OC. The summed E-state index contributed by atoms with van der Waals surface area (Å²) in [6.07, 6.45) is 1.63. The van der Waals surface area contributed by atoms with Crippen molar-refractivity contribution in [2.75, 3.05) is 14.2 Å². The fourth-order valence-corrected chi connectivity index (χ4v) is 2.73. The summed E-state index contributed by atoms with van der Waals surface area (Å²) in [5.74, 6) is 1.45. The second kappa shape index (κ2) is 6.92. The zero-order chi connectivity index (χ0) is 18.8. The number of fused-ring (bicyclic) bond motifs is 1. The molecule has 1 aliphatic rings. The number of methoxy groups -OCH3 is 2. The Morgan fingerprint density at radius 1 is 1.04 bits per heavy atom. The Kier molecular flexibility index (Phi) is 4.67. The number of carbonyl (C=O) groups is 2. The van der Waals surface area contributed by atoms with E-state index in [1.807, 2.05) is 0 Å². The monoisotopic (exact) mass is 354 g/mol. The lowest BCUT2D eigenvalue weighted by molar-refractivity contribution is -0.131. The van der Waals surface area contributed by atoms with Crippen LogP contribution in [0.15, 0.2) is 36.1 Å². The van der Waals surface area contributed by atoms with E-state index in [0.29, 0.717) is 34.1 Å². The van der Waals surface area contributed by atoms with Gasteiger partial charge in [0.1, 0.15) is 11.5 Å². The first-order chi connectivity index (χ1) is 12.4. The van der Waals surface area contributed by atoms with E-state index in [1.165, 1.54) is 6.92 Å². The molecule has 26 heavy (non-hydrogen) atoms. The van der Waals surface area contributed by atoms with Gasteiger partial charge < -0.3 is 18.9 Å². The van der Waals surface area contributed by atoms with Crippen molar-refractivity contribution in [3.05, 3.63) is 52.8 Å². The van der Waals surface area contributed by atoms with Crippen LogP contribution in [0.4, 0.5) is 0 Å². The summed E-state index contributed by atoms with van der Waals surface area (Å²) in [6, 6.07) is 8.49. The van der Waals surface area contributed by atoms with E-state index in [2.05, 4.69) is 0 Å². The van der Waals surface area contributed by atoms with Gasteiger partial charge in [-0.1, -0.05) is 6.07 Å². The first kappa shape index (κ1) is 17.5. The van der Waals surface area contributed by atoms with Gasteiger partial charge in [0, 0.05) is 12.5 Å². The van der Waals surface area contributed by atoms with Crippen LogP contribution in [-0.4, -0.2) is 26.0 Å². The highest BCUT2D eigenvalue weighted by atomic mass is 16.5. The van der Waals surface area contributed by atoms with E-state index in [9.17, 15) is 9.59 Å². The number of carbonyl (C=O) groups excluding carboxylic acids is 2. The third-order valence-electron chi connectivity index (χ3n) is 4.00. The van der Waals surface area contributed by atoms with Gasteiger partial charge in [0.05, 0.1) is 19.8 Å². The van der Waals surface area contributed by atoms with Crippen molar-refractivity contribution in [1.82, 2.24) is 0 Å². The molecule has 1 heterocycles. The molecule has 134 valence electrons. The molecule has 0 radical (unpaired) electrons. The van der Waals surface area contributed by atoms with Gasteiger partial charge in [0.15, 0.2) is 17.3 Å². The van der Waals surface area contributed by atoms with E-state index in [4.69, 9.17) is 18.9 Å². The van der Waals surface area contributed by atoms with E-state index in [0.717, 1.165) is 5.56 Å². The number of hydrogen-bond donors (Lipinski definition) is 0. The maximum absolute atomic E-state index is 12.6. The number of rotatable bonds is 4. The van der Waals surface area contributed by atoms with Crippen molar-refractivity contribution < 1.29 is 28.5 Å². The van der Waals surface area contributed by atoms with Crippen LogP contribution < -0.4 is 18.9 Å². The largest absolute Gasteiger partial charge is 0.493 e. The predicted octanol–water partition coefficient (Wildman–Crippen LogP) is 3.55. The van der Waals surface area contributed by atoms with Crippen molar-refractivity contribution in [3.8, 4) is 23.0 Å². The zero-order valence-corrected chi connectivity index (χ0v) is 14.9. The van der Waals surface area contributed by atoms with Gasteiger partial charge in [-0.05, 0) is 42.8 Å². The molecule has 6 nitrogen and oxygen atoms in total. The summed E-state index contributed by atoms with van der Waals surface area (Å²) >= 11 is 0. The van der Waals surface area contributed by atoms with E-state index in [1.54, 1.807) is 57.6 Å². The highest BCUT2D eigenvalue weighted by molar-refractivity contribution is 6.15. The van der Waals surface area contributed by atoms with Crippen molar-refractivity contribution in [3.63, 3.8) is 0 Å². The Balaban J connectivity index is 1.96. The van der Waals surface area contributed by atoms with Gasteiger partial charge in [-0.2, -0.15) is 0 Å². The number of hydrogen-bond acceptors (Lipinski definition) is 6. The lowest BCUT2D eigenvalue weighted by atomic mass is 10.1. The van der Waals surface area contributed by atoms with E-state index < -0.39 is 5.97 Å². The second-order valence-electron chi connectivity index (χ2n) is 5.71. The van der Waals surface area contributed by atoms with Crippen LogP contribution in [0.2, 0.25) is 0 Å². The molecular formula is C20H18O6. The predicted molar refractivity (Wildman–Crippen MR) is 95.0 cm³/mol. The first-order valence-corrected chi connectivity index (χ1v) is 7.93. The molecular weight excluding hydrogens is 336 g/mol. The summed E-state index contributed by atoms with van der Waals surface area (Å²) in [6.45, 7) is 3.06. The van der Waals surface area contributed by atoms with Gasteiger partial charge in [-0.15, -0.1) is 0 Å². The molecule has 0 fully saturated rings. The molecule has 0 unspecified atom stereocenters. The van der Waals surface area contributed by atoms with Crippen LogP contribution >= 0.6 is 0 Å². The number of esters is 1. The van der Waals surface area contributed by atoms with Gasteiger partial charge >= 0.3 is 5.97 Å². The molecule has 2 aromatic carbocycles. The Labute approximate surface area is 150 Å². The lowest BCUT2D eigenvalue weighted by Gasteiger charge is -2.09. The summed E-state index contributed by atoms with van der Waals surface area (Å²) in [4.78, 5) is 23.8. The van der Waals surface area contributed by atoms with E-state index >= 15 is 0 Å². The van der Waals surface area contributed by atoms with Crippen LogP contribution in [0.3, 0.4) is 0 Å². The zero-order valence-electron chi connectivity index (χ0n) is 14.9. The third-order valence-corrected chi connectivity index (χ3v) is 4.00. The number of Topliss-reactive ketones (excluding diaryl/α,β-unsaturated/α-hetero) is 1. The molecule has 0 N–H and O–H groups in total. The second-order valence-corrected chi connectivity index (χ2v) is 5.71. The van der Waals surface area contributed by atoms with Crippen LogP contribution in [-0.2, 0) is 4.79 Å². The van der Waals surface area contributed by atoms with Gasteiger partial charge in [0.25, 0.3) is 0 Å². The molecule has 0 amide bonds. The van der Waals surface area contributed by atoms with Crippen LogP contribution in [0.5, 0.6) is 23.0 Å². The van der Waals surface area contributed by atoms with Crippen molar-refractivity contribution in [1.29, 1.82) is 0 Å². The van der Waals surface area contributed by atoms with Crippen LogP contribution in [0.25, 0.3) is 6.08 Å². The fraction of sp³-hybridized carbons (Fsp3) is 0.200. The highest BCUT2D eigenvalue weighted by Crippen LogP contribution is 2.39. The average Bonchev–Trinajstić information content (AvgIpc) is 2.93. The highest BCUT2D eigenvalue weighted by Gasteiger charge is 2.30. The Morgan fingerprint density at radius 2 is 1.73 bits per heavy atom. The Morgan fingerprint density at radius 3 is 2.38 bits per heavy atom. The third kappa shape index (κ3) is 3.13. The topological polar surface area (TPSA) is 71.1 Å². The lowest BCUT2D eigenvalue weighted by Crippen LogP contribution is -2.03. The molecule has 6 heteroatoms. The van der Waals surface area contributed by atoms with E-state index in [-0.39, 0.29) is 11.5 Å². The molecule has 0 saturated heterocycles. The molecule has 0 aromatic heterocycles. The van der Waals surface area contributed by atoms with Crippen molar-refractivity contribution >= 4 is 17.8 Å².